The molecule has 0 aromatic heterocycles. The van der Waals surface area contributed by atoms with Gasteiger partial charge in [-0.15, -0.1) is 11.6 Å². The Balaban J connectivity index is 2.04. The Morgan fingerprint density at radius 2 is 2.12 bits per heavy atom. The van der Waals surface area contributed by atoms with Crippen LogP contribution in [0.5, 0.6) is 0 Å². The molecular formula is C14H19Cl2N. The molecule has 1 fully saturated rings. The SMILES string of the molecule is ClCC1CCCCCN1Cc1cccc(Cl)c1. The molecule has 1 saturated heterocycles. The van der Waals surface area contributed by atoms with E-state index in [0.29, 0.717) is 6.04 Å². The third kappa shape index (κ3) is 3.87. The number of likely N-dealkylation sites (tertiary alicyclic amines) is 1. The highest BCUT2D eigenvalue weighted by Crippen LogP contribution is 2.21. The Kier molecular flexibility index (Phi) is 5.15. The van der Waals surface area contributed by atoms with Crippen molar-refractivity contribution in [2.75, 3.05) is 12.4 Å². The fourth-order valence-corrected chi connectivity index (χ4v) is 3.05. The maximum absolute atomic E-state index is 6.08. The number of hydrogen-bond donors (Lipinski definition) is 0. The lowest BCUT2D eigenvalue weighted by Crippen LogP contribution is -2.35. The quantitative estimate of drug-likeness (QED) is 0.740. The van der Waals surface area contributed by atoms with Crippen LogP contribution in [-0.2, 0) is 6.54 Å². The van der Waals surface area contributed by atoms with Crippen molar-refractivity contribution in [2.24, 2.45) is 0 Å². The average Bonchev–Trinajstić information content (AvgIpc) is 2.54. The lowest BCUT2D eigenvalue weighted by Gasteiger charge is -2.28. The molecule has 1 aliphatic rings. The molecule has 0 saturated carbocycles. The molecule has 17 heavy (non-hydrogen) atoms. The van der Waals surface area contributed by atoms with Gasteiger partial charge in [0.25, 0.3) is 0 Å². The van der Waals surface area contributed by atoms with E-state index in [-0.39, 0.29) is 0 Å². The van der Waals surface area contributed by atoms with Gasteiger partial charge in [-0.2, -0.15) is 0 Å². The van der Waals surface area contributed by atoms with Crippen LogP contribution in [0.25, 0.3) is 0 Å². The van der Waals surface area contributed by atoms with Gasteiger partial charge >= 0.3 is 0 Å². The Morgan fingerprint density at radius 3 is 2.88 bits per heavy atom. The Labute approximate surface area is 114 Å². The lowest BCUT2D eigenvalue weighted by molar-refractivity contribution is 0.207. The fraction of sp³-hybridized carbons (Fsp3) is 0.571. The standard InChI is InChI=1S/C14H19Cl2N/c15-10-14-7-2-1-3-8-17(14)11-12-5-4-6-13(16)9-12/h4-6,9,14H,1-3,7-8,10-11H2. The van der Waals surface area contributed by atoms with Crippen LogP contribution in [0, 0.1) is 0 Å². The molecule has 0 spiro atoms. The van der Waals surface area contributed by atoms with E-state index in [1.807, 2.05) is 12.1 Å². The second-order valence-electron chi connectivity index (χ2n) is 4.76. The zero-order chi connectivity index (χ0) is 12.1. The zero-order valence-corrected chi connectivity index (χ0v) is 11.6. The minimum absolute atomic E-state index is 0.526. The minimum atomic E-state index is 0.526. The molecule has 1 unspecified atom stereocenters. The van der Waals surface area contributed by atoms with Crippen LogP contribution in [0.1, 0.15) is 31.2 Å². The first kappa shape index (κ1) is 13.2. The Bertz CT molecular complexity index is 354. The van der Waals surface area contributed by atoms with E-state index in [0.717, 1.165) is 24.0 Å². The summed E-state index contributed by atoms with van der Waals surface area (Å²) in [6.45, 7) is 2.13. The summed E-state index contributed by atoms with van der Waals surface area (Å²) in [6.07, 6.45) is 5.15. The number of nitrogens with zero attached hydrogens (tertiary/aromatic N) is 1. The van der Waals surface area contributed by atoms with Crippen LogP contribution in [0.15, 0.2) is 24.3 Å². The van der Waals surface area contributed by atoms with Gasteiger partial charge in [0.15, 0.2) is 0 Å². The van der Waals surface area contributed by atoms with Crippen molar-refractivity contribution < 1.29 is 0 Å². The largest absolute Gasteiger partial charge is 0.295 e. The average molecular weight is 272 g/mol. The van der Waals surface area contributed by atoms with Crippen LogP contribution >= 0.6 is 23.2 Å². The summed E-state index contributed by atoms with van der Waals surface area (Å²) in [6, 6.07) is 8.66. The molecule has 1 aromatic carbocycles. The van der Waals surface area contributed by atoms with Gasteiger partial charge in [0.05, 0.1) is 0 Å². The molecule has 0 amide bonds. The van der Waals surface area contributed by atoms with Crippen molar-refractivity contribution in [1.82, 2.24) is 4.90 Å². The molecule has 3 heteroatoms. The van der Waals surface area contributed by atoms with Crippen molar-refractivity contribution in [3.63, 3.8) is 0 Å². The van der Waals surface area contributed by atoms with Gasteiger partial charge < -0.3 is 0 Å². The second-order valence-corrected chi connectivity index (χ2v) is 5.50. The van der Waals surface area contributed by atoms with Crippen molar-refractivity contribution in [3.8, 4) is 0 Å². The molecule has 0 aliphatic carbocycles. The summed E-state index contributed by atoms with van der Waals surface area (Å²) in [5.74, 6) is 0.737. The maximum atomic E-state index is 6.08. The van der Waals surface area contributed by atoms with Gasteiger partial charge in [-0.25, -0.2) is 0 Å². The van der Waals surface area contributed by atoms with Gasteiger partial charge in [0.2, 0.25) is 0 Å². The van der Waals surface area contributed by atoms with E-state index >= 15 is 0 Å². The number of hydrogen-bond acceptors (Lipinski definition) is 1. The first-order valence-corrected chi connectivity index (χ1v) is 7.25. The Hall–Kier alpha value is -0.240. The number of alkyl halides is 1. The van der Waals surface area contributed by atoms with Crippen LogP contribution in [0.3, 0.4) is 0 Å². The fourth-order valence-electron chi connectivity index (χ4n) is 2.49. The smallest absolute Gasteiger partial charge is 0.0409 e. The van der Waals surface area contributed by atoms with Crippen molar-refractivity contribution in [1.29, 1.82) is 0 Å². The van der Waals surface area contributed by atoms with E-state index in [1.54, 1.807) is 0 Å². The summed E-state index contributed by atoms with van der Waals surface area (Å²) in [7, 11) is 0. The highest BCUT2D eigenvalue weighted by atomic mass is 35.5. The van der Waals surface area contributed by atoms with Gasteiger partial charge in [-0.3, -0.25) is 4.90 Å². The molecule has 2 rings (SSSR count). The summed E-state index contributed by atoms with van der Waals surface area (Å²) in [5, 5.41) is 0.819. The molecule has 0 radical (unpaired) electrons. The molecule has 1 atom stereocenters. The molecular weight excluding hydrogens is 253 g/mol. The number of benzene rings is 1. The van der Waals surface area contributed by atoms with Crippen LogP contribution in [-0.4, -0.2) is 23.4 Å². The normalized spacial score (nSPS) is 22.4. The maximum Gasteiger partial charge on any atom is 0.0409 e. The zero-order valence-electron chi connectivity index (χ0n) is 10.0. The van der Waals surface area contributed by atoms with Crippen LogP contribution < -0.4 is 0 Å². The van der Waals surface area contributed by atoms with Gasteiger partial charge in [0, 0.05) is 23.5 Å². The minimum Gasteiger partial charge on any atom is -0.295 e. The molecule has 1 aliphatic heterocycles. The third-order valence-corrected chi connectivity index (χ3v) is 4.04. The van der Waals surface area contributed by atoms with Crippen molar-refractivity contribution in [3.05, 3.63) is 34.9 Å². The molecule has 94 valence electrons. The number of halogens is 2. The number of rotatable bonds is 3. The molecule has 1 nitrogen and oxygen atoms in total. The third-order valence-electron chi connectivity index (χ3n) is 3.45. The first-order valence-electron chi connectivity index (χ1n) is 6.34. The summed E-state index contributed by atoms with van der Waals surface area (Å²) >= 11 is 12.1. The van der Waals surface area contributed by atoms with Crippen molar-refractivity contribution >= 4 is 23.2 Å². The van der Waals surface area contributed by atoms with E-state index in [4.69, 9.17) is 23.2 Å². The molecule has 0 N–H and O–H groups in total. The molecule has 1 heterocycles. The summed E-state index contributed by atoms with van der Waals surface area (Å²) in [4.78, 5) is 2.51. The van der Waals surface area contributed by atoms with E-state index in [9.17, 15) is 0 Å². The highest BCUT2D eigenvalue weighted by molar-refractivity contribution is 6.30. The van der Waals surface area contributed by atoms with Gasteiger partial charge in [0.1, 0.15) is 0 Å². The topological polar surface area (TPSA) is 3.24 Å². The highest BCUT2D eigenvalue weighted by Gasteiger charge is 2.20. The molecule has 1 aromatic rings. The summed E-state index contributed by atoms with van der Waals surface area (Å²) in [5.41, 5.74) is 1.29. The van der Waals surface area contributed by atoms with Gasteiger partial charge in [-0.1, -0.05) is 36.6 Å². The summed E-state index contributed by atoms with van der Waals surface area (Å²) < 4.78 is 0. The van der Waals surface area contributed by atoms with E-state index in [2.05, 4.69) is 17.0 Å². The second kappa shape index (κ2) is 6.63. The van der Waals surface area contributed by atoms with Crippen LogP contribution in [0.4, 0.5) is 0 Å². The van der Waals surface area contributed by atoms with E-state index < -0.39 is 0 Å². The predicted molar refractivity (Wildman–Crippen MR) is 74.8 cm³/mol. The molecule has 0 bridgehead atoms. The Morgan fingerprint density at radius 1 is 1.24 bits per heavy atom. The van der Waals surface area contributed by atoms with Crippen LogP contribution in [0.2, 0.25) is 5.02 Å². The predicted octanol–water partition coefficient (Wildman–Crippen LogP) is 4.32. The first-order chi connectivity index (χ1) is 8.29. The lowest BCUT2D eigenvalue weighted by atomic mass is 10.1. The monoisotopic (exact) mass is 271 g/mol. The van der Waals surface area contributed by atoms with E-state index in [1.165, 1.54) is 31.2 Å². The van der Waals surface area contributed by atoms with Crippen molar-refractivity contribution in [2.45, 2.75) is 38.3 Å². The van der Waals surface area contributed by atoms with Gasteiger partial charge in [-0.05, 0) is 37.1 Å².